The molecule has 3 unspecified atom stereocenters. The van der Waals surface area contributed by atoms with Crippen molar-refractivity contribution in [3.8, 4) is 0 Å². The zero-order chi connectivity index (χ0) is 21.0. The molecule has 3 fully saturated rings. The molecule has 2 bridgehead atoms. The zero-order valence-corrected chi connectivity index (χ0v) is 18.8. The summed E-state index contributed by atoms with van der Waals surface area (Å²) in [5, 5.41) is 3.23. The Bertz CT molecular complexity index is 906. The van der Waals surface area contributed by atoms with Crippen LogP contribution in [0.25, 0.3) is 0 Å². The van der Waals surface area contributed by atoms with E-state index in [-0.39, 0.29) is 27.7 Å². The average Bonchev–Trinajstić information content (AvgIpc) is 3.02. The lowest BCUT2D eigenvalue weighted by Crippen LogP contribution is -2.47. The molecule has 1 N–H and O–H groups in total. The van der Waals surface area contributed by atoms with Gasteiger partial charge in [0.05, 0.1) is 4.90 Å². The Morgan fingerprint density at radius 1 is 1.14 bits per heavy atom. The first-order valence-electron chi connectivity index (χ1n) is 10.7. The summed E-state index contributed by atoms with van der Waals surface area (Å²) in [6.07, 6.45) is 3.37. The summed E-state index contributed by atoms with van der Waals surface area (Å²) in [4.78, 5) is 15.3. The minimum absolute atomic E-state index is 0.0941. The van der Waals surface area contributed by atoms with E-state index < -0.39 is 10.0 Å². The van der Waals surface area contributed by atoms with E-state index in [0.717, 1.165) is 25.9 Å². The van der Waals surface area contributed by atoms with E-state index >= 15 is 0 Å². The topological polar surface area (TPSA) is 69.7 Å². The van der Waals surface area contributed by atoms with Crippen molar-refractivity contribution in [3.63, 3.8) is 0 Å². The van der Waals surface area contributed by atoms with Gasteiger partial charge in [0, 0.05) is 37.8 Å². The van der Waals surface area contributed by atoms with Crippen LogP contribution in [-0.2, 0) is 10.0 Å². The number of piperazine rings is 1. The highest BCUT2D eigenvalue weighted by atomic mass is 32.2. The number of amides is 1. The molecular formula is C22H33N3O3S. The maximum Gasteiger partial charge on any atom is 0.251 e. The minimum atomic E-state index is -3.58. The number of sulfonamides is 1. The Morgan fingerprint density at radius 3 is 2.41 bits per heavy atom. The third-order valence-corrected chi connectivity index (χ3v) is 10.2. The summed E-state index contributed by atoms with van der Waals surface area (Å²) >= 11 is 0. The first kappa shape index (κ1) is 20.8. The molecule has 0 aromatic heterocycles. The van der Waals surface area contributed by atoms with Crippen LogP contribution in [0.1, 0.15) is 50.4 Å². The first-order valence-corrected chi connectivity index (χ1v) is 12.1. The lowest BCUT2D eigenvalue weighted by atomic mass is 9.69. The Labute approximate surface area is 174 Å². The smallest absolute Gasteiger partial charge is 0.251 e. The molecule has 1 saturated heterocycles. The van der Waals surface area contributed by atoms with Crippen molar-refractivity contribution in [2.45, 2.75) is 51.0 Å². The maximum absolute atomic E-state index is 13.0. The predicted octanol–water partition coefficient (Wildman–Crippen LogP) is 2.57. The molecule has 1 aliphatic heterocycles. The van der Waals surface area contributed by atoms with Gasteiger partial charge in [0.25, 0.3) is 5.91 Å². The number of rotatable bonds is 4. The lowest BCUT2D eigenvalue weighted by Gasteiger charge is -2.39. The molecule has 1 amide bonds. The van der Waals surface area contributed by atoms with Gasteiger partial charge >= 0.3 is 0 Å². The molecule has 3 atom stereocenters. The second-order valence-electron chi connectivity index (χ2n) is 9.87. The van der Waals surface area contributed by atoms with Gasteiger partial charge in [-0.25, -0.2) is 8.42 Å². The van der Waals surface area contributed by atoms with Crippen LogP contribution in [0, 0.1) is 16.7 Å². The van der Waals surface area contributed by atoms with Crippen LogP contribution in [0.4, 0.5) is 0 Å². The van der Waals surface area contributed by atoms with Gasteiger partial charge in [-0.15, -0.1) is 0 Å². The van der Waals surface area contributed by atoms with E-state index in [0.29, 0.717) is 24.6 Å². The van der Waals surface area contributed by atoms with Crippen molar-refractivity contribution >= 4 is 15.9 Å². The minimum Gasteiger partial charge on any atom is -0.349 e. The molecule has 1 aromatic rings. The van der Waals surface area contributed by atoms with Crippen molar-refractivity contribution < 1.29 is 13.2 Å². The summed E-state index contributed by atoms with van der Waals surface area (Å²) in [6, 6.07) is 6.64. The number of hydrogen-bond acceptors (Lipinski definition) is 4. The van der Waals surface area contributed by atoms with Gasteiger partial charge in [0.2, 0.25) is 10.0 Å². The van der Waals surface area contributed by atoms with E-state index in [2.05, 4.69) is 31.0 Å². The standard InChI is InChI=1S/C22H33N3O3S/c1-21(2)17-8-9-22(21,3)19(15-17)23-20(26)16-6-5-7-18(14-16)29(27,28)25-12-10-24(4)11-13-25/h5-7,14,17,19H,8-13,15H2,1-4H3,(H,23,26). The highest BCUT2D eigenvalue weighted by Gasteiger charge is 2.61. The van der Waals surface area contributed by atoms with Gasteiger partial charge in [-0.1, -0.05) is 26.8 Å². The molecule has 29 heavy (non-hydrogen) atoms. The summed E-state index contributed by atoms with van der Waals surface area (Å²) in [5.41, 5.74) is 0.735. The lowest BCUT2D eigenvalue weighted by molar-refractivity contribution is 0.0826. The van der Waals surface area contributed by atoms with Crippen LogP contribution in [0.5, 0.6) is 0 Å². The third kappa shape index (κ3) is 3.31. The highest BCUT2D eigenvalue weighted by molar-refractivity contribution is 7.89. The molecule has 1 aromatic carbocycles. The quantitative estimate of drug-likeness (QED) is 0.814. The molecule has 6 nitrogen and oxygen atoms in total. The van der Waals surface area contributed by atoms with Crippen molar-refractivity contribution in [3.05, 3.63) is 29.8 Å². The summed E-state index contributed by atoms with van der Waals surface area (Å²) in [6.45, 7) is 9.32. The number of nitrogens with zero attached hydrogens (tertiary/aromatic N) is 2. The van der Waals surface area contributed by atoms with Crippen LogP contribution >= 0.6 is 0 Å². The highest BCUT2D eigenvalue weighted by Crippen LogP contribution is 2.65. The average molecular weight is 420 g/mol. The molecular weight excluding hydrogens is 386 g/mol. The van der Waals surface area contributed by atoms with Gasteiger partial charge in [0.1, 0.15) is 0 Å². The fourth-order valence-electron chi connectivity index (χ4n) is 5.64. The van der Waals surface area contributed by atoms with E-state index in [1.54, 1.807) is 18.2 Å². The van der Waals surface area contributed by atoms with Gasteiger partial charge in [0.15, 0.2) is 0 Å². The number of carbonyl (C=O) groups is 1. The Balaban J connectivity index is 1.51. The third-order valence-electron chi connectivity index (χ3n) is 8.30. The van der Waals surface area contributed by atoms with Gasteiger partial charge in [-0.3, -0.25) is 4.79 Å². The Morgan fingerprint density at radius 2 is 1.83 bits per heavy atom. The van der Waals surface area contributed by atoms with Crippen molar-refractivity contribution in [2.24, 2.45) is 16.7 Å². The number of likely N-dealkylation sites (N-methyl/N-ethyl adjacent to an activating group) is 1. The normalized spacial score (nSPS) is 32.4. The molecule has 160 valence electrons. The molecule has 1 heterocycles. The predicted molar refractivity (Wildman–Crippen MR) is 113 cm³/mol. The van der Waals surface area contributed by atoms with Crippen molar-refractivity contribution in [1.82, 2.24) is 14.5 Å². The van der Waals surface area contributed by atoms with Crippen molar-refractivity contribution in [1.29, 1.82) is 0 Å². The largest absolute Gasteiger partial charge is 0.349 e. The monoisotopic (exact) mass is 419 g/mol. The molecule has 0 radical (unpaired) electrons. The van der Waals surface area contributed by atoms with Crippen LogP contribution in [0.3, 0.4) is 0 Å². The maximum atomic E-state index is 13.0. The van der Waals surface area contributed by atoms with Gasteiger partial charge < -0.3 is 10.2 Å². The molecule has 7 heteroatoms. The molecule has 4 rings (SSSR count). The number of carbonyl (C=O) groups excluding carboxylic acids is 1. The molecule has 3 aliphatic rings. The van der Waals surface area contributed by atoms with Crippen LogP contribution in [0.15, 0.2) is 29.2 Å². The summed E-state index contributed by atoms with van der Waals surface area (Å²) in [7, 11) is -1.59. The number of fused-ring (bicyclic) bond motifs is 2. The van der Waals surface area contributed by atoms with E-state index in [1.807, 2.05) is 7.05 Å². The summed E-state index contributed by atoms with van der Waals surface area (Å²) < 4.78 is 27.6. The molecule has 2 aliphatic carbocycles. The number of hydrogen-bond donors (Lipinski definition) is 1. The van der Waals surface area contributed by atoms with Crippen molar-refractivity contribution in [2.75, 3.05) is 33.2 Å². The molecule has 0 spiro atoms. The van der Waals surface area contributed by atoms with Crippen LogP contribution in [-0.4, -0.2) is 62.8 Å². The second kappa shape index (κ2) is 7.06. The van der Waals surface area contributed by atoms with Crippen LogP contribution in [0.2, 0.25) is 0 Å². The fraction of sp³-hybridized carbons (Fsp3) is 0.682. The van der Waals surface area contributed by atoms with Gasteiger partial charge in [-0.05, 0) is 61.3 Å². The molecule has 2 saturated carbocycles. The zero-order valence-electron chi connectivity index (χ0n) is 17.9. The second-order valence-corrected chi connectivity index (χ2v) is 11.8. The Hall–Kier alpha value is -1.44. The fourth-order valence-corrected chi connectivity index (χ4v) is 7.11. The number of benzene rings is 1. The van der Waals surface area contributed by atoms with Crippen LogP contribution < -0.4 is 5.32 Å². The SMILES string of the molecule is CN1CCN(S(=O)(=O)c2cccc(C(=O)NC3CC4CCC3(C)C4(C)C)c2)CC1. The van der Waals surface area contributed by atoms with E-state index in [1.165, 1.54) is 16.8 Å². The van der Waals surface area contributed by atoms with E-state index in [4.69, 9.17) is 0 Å². The Kier molecular flexibility index (Phi) is 5.07. The number of nitrogens with one attached hydrogen (secondary N) is 1. The van der Waals surface area contributed by atoms with Gasteiger partial charge in [-0.2, -0.15) is 4.31 Å². The summed E-state index contributed by atoms with van der Waals surface area (Å²) in [5.74, 6) is 0.469. The van der Waals surface area contributed by atoms with E-state index in [9.17, 15) is 13.2 Å². The first-order chi connectivity index (χ1) is 13.6.